The number of nitrogens with one attached hydrogen (secondary N) is 1. The Labute approximate surface area is 94.1 Å². The molecule has 0 aliphatic carbocycles. The SMILES string of the molecule is C=C(C)C(CCC1CCCCO1)NCC. The zero-order chi connectivity index (χ0) is 11.1. The first kappa shape index (κ1) is 12.7. The molecule has 0 spiro atoms. The summed E-state index contributed by atoms with van der Waals surface area (Å²) in [6.07, 6.45) is 6.66. The van der Waals surface area contributed by atoms with Crippen molar-refractivity contribution < 1.29 is 4.74 Å². The van der Waals surface area contributed by atoms with Gasteiger partial charge < -0.3 is 10.1 Å². The van der Waals surface area contributed by atoms with Crippen molar-refractivity contribution in [3.05, 3.63) is 12.2 Å². The summed E-state index contributed by atoms with van der Waals surface area (Å²) in [5, 5.41) is 3.47. The predicted molar refractivity (Wildman–Crippen MR) is 65.1 cm³/mol. The molecule has 0 bridgehead atoms. The number of likely N-dealkylation sites (N-methyl/N-ethyl adjacent to an activating group) is 1. The lowest BCUT2D eigenvalue weighted by Crippen LogP contribution is -2.31. The molecule has 2 nitrogen and oxygen atoms in total. The van der Waals surface area contributed by atoms with Gasteiger partial charge in [-0.05, 0) is 45.6 Å². The minimum Gasteiger partial charge on any atom is -0.378 e. The van der Waals surface area contributed by atoms with Gasteiger partial charge in [-0.15, -0.1) is 0 Å². The molecule has 1 aliphatic rings. The van der Waals surface area contributed by atoms with E-state index in [-0.39, 0.29) is 0 Å². The minimum atomic E-state index is 0.473. The van der Waals surface area contributed by atoms with Crippen LogP contribution in [0.25, 0.3) is 0 Å². The lowest BCUT2D eigenvalue weighted by Gasteiger charge is -2.25. The van der Waals surface area contributed by atoms with Gasteiger partial charge in [0.1, 0.15) is 0 Å². The first-order valence-electron chi connectivity index (χ1n) is 6.24. The molecule has 15 heavy (non-hydrogen) atoms. The van der Waals surface area contributed by atoms with Crippen molar-refractivity contribution in [3.63, 3.8) is 0 Å². The van der Waals surface area contributed by atoms with Crippen molar-refractivity contribution in [3.8, 4) is 0 Å². The molecule has 1 heterocycles. The van der Waals surface area contributed by atoms with E-state index in [4.69, 9.17) is 4.74 Å². The van der Waals surface area contributed by atoms with Gasteiger partial charge in [0.2, 0.25) is 0 Å². The number of hydrogen-bond acceptors (Lipinski definition) is 2. The van der Waals surface area contributed by atoms with Crippen molar-refractivity contribution in [2.45, 2.75) is 58.1 Å². The van der Waals surface area contributed by atoms with E-state index in [0.717, 1.165) is 19.6 Å². The standard InChI is InChI=1S/C13H25NO/c1-4-14-13(11(2)3)9-8-12-7-5-6-10-15-12/h12-14H,2,4-10H2,1,3H3. The summed E-state index contributed by atoms with van der Waals surface area (Å²) in [6, 6.07) is 0.473. The second-order valence-electron chi connectivity index (χ2n) is 4.52. The molecule has 0 aromatic carbocycles. The topological polar surface area (TPSA) is 21.3 Å². The first-order chi connectivity index (χ1) is 7.24. The molecule has 0 amide bonds. The first-order valence-corrected chi connectivity index (χ1v) is 6.24. The van der Waals surface area contributed by atoms with Gasteiger partial charge in [0.15, 0.2) is 0 Å². The van der Waals surface area contributed by atoms with E-state index < -0.39 is 0 Å². The fourth-order valence-corrected chi connectivity index (χ4v) is 2.16. The minimum absolute atomic E-state index is 0.473. The zero-order valence-electron chi connectivity index (χ0n) is 10.2. The third kappa shape index (κ3) is 4.80. The van der Waals surface area contributed by atoms with Gasteiger partial charge >= 0.3 is 0 Å². The van der Waals surface area contributed by atoms with Crippen LogP contribution in [0, 0.1) is 0 Å². The van der Waals surface area contributed by atoms with Crippen LogP contribution >= 0.6 is 0 Å². The molecule has 2 unspecified atom stereocenters. The summed E-state index contributed by atoms with van der Waals surface area (Å²) < 4.78 is 5.73. The van der Waals surface area contributed by atoms with Gasteiger partial charge in [-0.3, -0.25) is 0 Å². The van der Waals surface area contributed by atoms with E-state index in [2.05, 4.69) is 25.7 Å². The van der Waals surface area contributed by atoms with E-state index in [9.17, 15) is 0 Å². The van der Waals surface area contributed by atoms with E-state index in [0.29, 0.717) is 12.1 Å². The second kappa shape index (κ2) is 7.02. The van der Waals surface area contributed by atoms with Gasteiger partial charge in [-0.2, -0.15) is 0 Å². The molecular weight excluding hydrogens is 186 g/mol. The van der Waals surface area contributed by atoms with Crippen LogP contribution in [0.5, 0.6) is 0 Å². The van der Waals surface area contributed by atoms with Crippen molar-refractivity contribution in [2.75, 3.05) is 13.2 Å². The Hall–Kier alpha value is -0.340. The molecule has 0 aromatic heterocycles. The lowest BCUT2D eigenvalue weighted by atomic mass is 9.98. The average Bonchev–Trinajstić information content (AvgIpc) is 2.25. The summed E-state index contributed by atoms with van der Waals surface area (Å²) in [6.45, 7) is 10.3. The van der Waals surface area contributed by atoms with E-state index in [1.165, 1.54) is 31.3 Å². The van der Waals surface area contributed by atoms with Crippen LogP contribution in [0.15, 0.2) is 12.2 Å². The third-order valence-corrected chi connectivity index (χ3v) is 3.10. The number of rotatable bonds is 6. The van der Waals surface area contributed by atoms with Crippen molar-refractivity contribution in [2.24, 2.45) is 0 Å². The molecule has 0 saturated carbocycles. The fraction of sp³-hybridized carbons (Fsp3) is 0.846. The Kier molecular flexibility index (Phi) is 5.96. The molecule has 88 valence electrons. The summed E-state index contributed by atoms with van der Waals surface area (Å²) in [7, 11) is 0. The van der Waals surface area contributed by atoms with Crippen molar-refractivity contribution in [1.29, 1.82) is 0 Å². The van der Waals surface area contributed by atoms with Gasteiger partial charge in [-0.1, -0.05) is 19.1 Å². The quantitative estimate of drug-likeness (QED) is 0.682. The highest BCUT2D eigenvalue weighted by Gasteiger charge is 2.16. The maximum atomic E-state index is 5.73. The fourth-order valence-electron chi connectivity index (χ4n) is 2.16. The maximum Gasteiger partial charge on any atom is 0.0575 e. The Bertz CT molecular complexity index is 185. The van der Waals surface area contributed by atoms with Crippen molar-refractivity contribution in [1.82, 2.24) is 5.32 Å². The Balaban J connectivity index is 2.22. The van der Waals surface area contributed by atoms with E-state index in [1.807, 2.05) is 0 Å². The van der Waals surface area contributed by atoms with Crippen LogP contribution in [0.1, 0.15) is 46.0 Å². The Morgan fingerprint density at radius 3 is 2.87 bits per heavy atom. The molecule has 0 radical (unpaired) electrons. The van der Waals surface area contributed by atoms with E-state index >= 15 is 0 Å². The van der Waals surface area contributed by atoms with E-state index in [1.54, 1.807) is 0 Å². The molecule has 1 N–H and O–H groups in total. The van der Waals surface area contributed by atoms with Gasteiger partial charge in [0.25, 0.3) is 0 Å². The molecule has 0 aromatic rings. The molecule has 2 atom stereocenters. The van der Waals surface area contributed by atoms with Gasteiger partial charge in [-0.25, -0.2) is 0 Å². The van der Waals surface area contributed by atoms with Crippen LogP contribution in [0.4, 0.5) is 0 Å². The number of ether oxygens (including phenoxy) is 1. The molecule has 2 heteroatoms. The highest BCUT2D eigenvalue weighted by molar-refractivity contribution is 5.01. The van der Waals surface area contributed by atoms with Crippen LogP contribution in [0.3, 0.4) is 0 Å². The molecule has 1 rings (SSSR count). The Morgan fingerprint density at radius 2 is 2.33 bits per heavy atom. The zero-order valence-corrected chi connectivity index (χ0v) is 10.2. The van der Waals surface area contributed by atoms with Crippen LogP contribution < -0.4 is 5.32 Å². The molecule has 1 saturated heterocycles. The largest absolute Gasteiger partial charge is 0.378 e. The van der Waals surface area contributed by atoms with Crippen molar-refractivity contribution >= 4 is 0 Å². The Morgan fingerprint density at radius 1 is 1.53 bits per heavy atom. The summed E-state index contributed by atoms with van der Waals surface area (Å²) >= 11 is 0. The highest BCUT2D eigenvalue weighted by Crippen LogP contribution is 2.19. The second-order valence-corrected chi connectivity index (χ2v) is 4.52. The molecular formula is C13H25NO. The maximum absolute atomic E-state index is 5.73. The normalized spacial score (nSPS) is 23.7. The predicted octanol–water partition coefficient (Wildman–Crippen LogP) is 2.89. The molecule has 1 aliphatic heterocycles. The van der Waals surface area contributed by atoms with Gasteiger partial charge in [0, 0.05) is 12.6 Å². The highest BCUT2D eigenvalue weighted by atomic mass is 16.5. The average molecular weight is 211 g/mol. The smallest absolute Gasteiger partial charge is 0.0575 e. The summed E-state index contributed by atoms with van der Waals surface area (Å²) in [5.41, 5.74) is 1.24. The third-order valence-electron chi connectivity index (χ3n) is 3.10. The number of hydrogen-bond donors (Lipinski definition) is 1. The lowest BCUT2D eigenvalue weighted by molar-refractivity contribution is 0.00915. The van der Waals surface area contributed by atoms with Crippen LogP contribution in [0.2, 0.25) is 0 Å². The van der Waals surface area contributed by atoms with Gasteiger partial charge in [0.05, 0.1) is 6.10 Å². The molecule has 1 fully saturated rings. The van der Waals surface area contributed by atoms with Crippen LogP contribution in [-0.2, 0) is 4.74 Å². The van der Waals surface area contributed by atoms with Crippen LogP contribution in [-0.4, -0.2) is 25.3 Å². The summed E-state index contributed by atoms with van der Waals surface area (Å²) in [5.74, 6) is 0. The monoisotopic (exact) mass is 211 g/mol. The summed E-state index contributed by atoms with van der Waals surface area (Å²) in [4.78, 5) is 0.